The molecule has 8 heteroatoms. The summed E-state index contributed by atoms with van der Waals surface area (Å²) in [5.41, 5.74) is 4.33. The minimum absolute atomic E-state index is 0.127. The Kier molecular flexibility index (Phi) is 7.11. The molecule has 0 aliphatic rings. The first-order valence-corrected chi connectivity index (χ1v) is 9.25. The van der Waals surface area contributed by atoms with Crippen molar-refractivity contribution in [1.29, 1.82) is 0 Å². The summed E-state index contributed by atoms with van der Waals surface area (Å²) in [6.07, 6.45) is -1.48. The zero-order chi connectivity index (χ0) is 20.9. The van der Waals surface area contributed by atoms with E-state index in [2.05, 4.69) is 23.7 Å². The highest BCUT2D eigenvalue weighted by molar-refractivity contribution is 5.77. The van der Waals surface area contributed by atoms with Gasteiger partial charge in [-0.15, -0.1) is 0 Å². The quantitative estimate of drug-likeness (QED) is 0.623. The molecule has 0 saturated carbocycles. The van der Waals surface area contributed by atoms with Gasteiger partial charge in [0.15, 0.2) is 0 Å². The molecule has 1 aromatic carbocycles. The van der Waals surface area contributed by atoms with Gasteiger partial charge in [-0.25, -0.2) is 4.98 Å². The fourth-order valence-corrected chi connectivity index (χ4v) is 3.55. The molecule has 0 spiro atoms. The average Bonchev–Trinajstić information content (AvgIpc) is 2.88. The van der Waals surface area contributed by atoms with E-state index in [4.69, 9.17) is 5.21 Å². The van der Waals surface area contributed by atoms with E-state index < -0.39 is 12.6 Å². The van der Waals surface area contributed by atoms with E-state index in [1.807, 2.05) is 42.3 Å². The van der Waals surface area contributed by atoms with Gasteiger partial charge in [-0.1, -0.05) is 26.0 Å². The van der Waals surface area contributed by atoms with Gasteiger partial charge in [0.1, 0.15) is 5.82 Å². The number of nitrogens with one attached hydrogen (secondary N) is 1. The van der Waals surface area contributed by atoms with Crippen LogP contribution in [-0.2, 0) is 19.4 Å². The van der Waals surface area contributed by atoms with E-state index in [9.17, 15) is 13.2 Å². The predicted molar refractivity (Wildman–Crippen MR) is 104 cm³/mol. The van der Waals surface area contributed by atoms with Crippen LogP contribution in [-0.4, -0.2) is 46.5 Å². The summed E-state index contributed by atoms with van der Waals surface area (Å²) in [4.78, 5) is 6.61. The van der Waals surface area contributed by atoms with Gasteiger partial charge < -0.3 is 9.47 Å². The number of alkyl halides is 3. The zero-order valence-corrected chi connectivity index (χ0v) is 16.8. The zero-order valence-electron chi connectivity index (χ0n) is 16.8. The number of hydroxylamine groups is 1. The van der Waals surface area contributed by atoms with Crippen molar-refractivity contribution in [2.75, 3.05) is 20.6 Å². The standard InChI is InChI=1S/C20H29F3N4O/c1-19(2,13-26(3)4)14-27-17-8-7-15(6-5-11-24-28)12-16(17)25-18(27)9-10-20(21,22)23/h5,7-8,11-12,24,28H,6,9-10,13-14H2,1-4H3/b11-5+. The van der Waals surface area contributed by atoms with E-state index in [1.54, 1.807) is 6.08 Å². The van der Waals surface area contributed by atoms with Crippen molar-refractivity contribution in [2.24, 2.45) is 5.41 Å². The number of benzene rings is 1. The lowest BCUT2D eigenvalue weighted by atomic mass is 9.92. The second-order valence-electron chi connectivity index (χ2n) is 8.19. The van der Waals surface area contributed by atoms with Crippen molar-refractivity contribution in [2.45, 2.75) is 45.8 Å². The molecule has 28 heavy (non-hydrogen) atoms. The Bertz CT molecular complexity index is 810. The van der Waals surface area contributed by atoms with Crippen LogP contribution in [0.5, 0.6) is 0 Å². The van der Waals surface area contributed by atoms with E-state index in [-0.39, 0.29) is 11.8 Å². The Labute approximate surface area is 163 Å². The molecule has 0 amide bonds. The molecule has 2 aromatic rings. The number of aromatic nitrogens is 2. The van der Waals surface area contributed by atoms with Gasteiger partial charge >= 0.3 is 6.18 Å². The molecule has 0 aliphatic carbocycles. The van der Waals surface area contributed by atoms with E-state index in [0.29, 0.717) is 24.3 Å². The monoisotopic (exact) mass is 398 g/mol. The van der Waals surface area contributed by atoms with E-state index in [1.165, 1.54) is 6.20 Å². The predicted octanol–water partition coefficient (Wildman–Crippen LogP) is 4.15. The molecular formula is C20H29F3N4O. The van der Waals surface area contributed by atoms with Crippen LogP contribution >= 0.6 is 0 Å². The lowest BCUT2D eigenvalue weighted by Crippen LogP contribution is -2.33. The van der Waals surface area contributed by atoms with Gasteiger partial charge in [0.25, 0.3) is 0 Å². The number of allylic oxidation sites excluding steroid dienone is 1. The van der Waals surface area contributed by atoms with Crippen LogP contribution in [0.25, 0.3) is 11.0 Å². The molecule has 2 N–H and O–H groups in total. The average molecular weight is 398 g/mol. The largest absolute Gasteiger partial charge is 0.389 e. The minimum Gasteiger partial charge on any atom is -0.327 e. The summed E-state index contributed by atoms with van der Waals surface area (Å²) < 4.78 is 40.3. The van der Waals surface area contributed by atoms with Crippen LogP contribution in [0.15, 0.2) is 30.5 Å². The van der Waals surface area contributed by atoms with Crippen LogP contribution in [0.2, 0.25) is 0 Å². The number of hydrogen-bond donors (Lipinski definition) is 2. The normalized spacial score (nSPS) is 13.2. The topological polar surface area (TPSA) is 53.3 Å². The van der Waals surface area contributed by atoms with Crippen LogP contribution in [0.1, 0.15) is 31.7 Å². The third-order valence-corrected chi connectivity index (χ3v) is 4.40. The highest BCUT2D eigenvalue weighted by Crippen LogP contribution is 2.28. The Morgan fingerprint density at radius 3 is 2.57 bits per heavy atom. The number of rotatable bonds is 9. The molecule has 2 rings (SSSR count). The van der Waals surface area contributed by atoms with Gasteiger partial charge in [0, 0.05) is 25.7 Å². The Morgan fingerprint density at radius 1 is 1.25 bits per heavy atom. The van der Waals surface area contributed by atoms with E-state index in [0.717, 1.165) is 17.6 Å². The van der Waals surface area contributed by atoms with Crippen molar-refractivity contribution in [1.82, 2.24) is 19.9 Å². The fourth-order valence-electron chi connectivity index (χ4n) is 3.55. The van der Waals surface area contributed by atoms with Crippen molar-refractivity contribution in [3.8, 4) is 0 Å². The smallest absolute Gasteiger partial charge is 0.327 e. The van der Waals surface area contributed by atoms with Crippen LogP contribution in [0.3, 0.4) is 0 Å². The van der Waals surface area contributed by atoms with Crippen molar-refractivity contribution in [3.05, 3.63) is 41.9 Å². The first-order chi connectivity index (χ1) is 13.0. The van der Waals surface area contributed by atoms with Gasteiger partial charge in [-0.05, 0) is 43.6 Å². The van der Waals surface area contributed by atoms with Gasteiger partial charge in [-0.3, -0.25) is 10.7 Å². The SMILES string of the molecule is CN(C)CC(C)(C)Cn1c(CCC(F)(F)F)nc2cc(C/C=C/NO)ccc21. The van der Waals surface area contributed by atoms with E-state index >= 15 is 0 Å². The van der Waals surface area contributed by atoms with Crippen LogP contribution in [0.4, 0.5) is 13.2 Å². The highest BCUT2D eigenvalue weighted by atomic mass is 19.4. The third kappa shape index (κ3) is 6.53. The van der Waals surface area contributed by atoms with Crippen LogP contribution < -0.4 is 5.48 Å². The summed E-state index contributed by atoms with van der Waals surface area (Å²) in [6.45, 7) is 5.60. The molecule has 0 fully saturated rings. The molecule has 0 aliphatic heterocycles. The number of imidazole rings is 1. The molecule has 5 nitrogen and oxygen atoms in total. The van der Waals surface area contributed by atoms with Gasteiger partial charge in [0.2, 0.25) is 0 Å². The summed E-state index contributed by atoms with van der Waals surface area (Å²) >= 11 is 0. The first kappa shape index (κ1) is 22.2. The van der Waals surface area contributed by atoms with Crippen molar-refractivity contribution >= 4 is 11.0 Å². The molecule has 1 heterocycles. The van der Waals surface area contributed by atoms with Gasteiger partial charge in [-0.2, -0.15) is 13.2 Å². The molecule has 0 bridgehead atoms. The Balaban J connectivity index is 2.40. The second-order valence-corrected chi connectivity index (χ2v) is 8.19. The second kappa shape index (κ2) is 8.96. The van der Waals surface area contributed by atoms with Gasteiger partial charge in [0.05, 0.1) is 17.5 Å². The fraction of sp³-hybridized carbons (Fsp3) is 0.550. The maximum Gasteiger partial charge on any atom is 0.389 e. The molecule has 0 unspecified atom stereocenters. The maximum absolute atomic E-state index is 12.8. The number of nitrogens with zero attached hydrogens (tertiary/aromatic N) is 3. The number of halogens is 3. The first-order valence-electron chi connectivity index (χ1n) is 9.25. The number of fused-ring (bicyclic) bond motifs is 1. The molecule has 156 valence electrons. The Morgan fingerprint density at radius 2 is 1.96 bits per heavy atom. The highest BCUT2D eigenvalue weighted by Gasteiger charge is 2.29. The summed E-state index contributed by atoms with van der Waals surface area (Å²) in [7, 11) is 3.97. The maximum atomic E-state index is 12.8. The summed E-state index contributed by atoms with van der Waals surface area (Å²) in [5, 5.41) is 8.60. The van der Waals surface area contributed by atoms with Crippen molar-refractivity contribution in [3.63, 3.8) is 0 Å². The molecular weight excluding hydrogens is 369 g/mol. The number of aryl methyl sites for hydroxylation is 1. The Hall–Kier alpha value is -2.06. The van der Waals surface area contributed by atoms with Crippen molar-refractivity contribution < 1.29 is 18.4 Å². The summed E-state index contributed by atoms with van der Waals surface area (Å²) in [6, 6.07) is 5.75. The molecule has 0 radical (unpaired) electrons. The number of hydrogen-bond acceptors (Lipinski definition) is 4. The summed E-state index contributed by atoms with van der Waals surface area (Å²) in [5.74, 6) is 0.462. The third-order valence-electron chi connectivity index (χ3n) is 4.40. The molecule has 0 saturated heterocycles. The lowest BCUT2D eigenvalue weighted by Gasteiger charge is -2.29. The van der Waals surface area contributed by atoms with Crippen LogP contribution in [0, 0.1) is 5.41 Å². The minimum atomic E-state index is -4.21. The molecule has 0 atom stereocenters. The lowest BCUT2D eigenvalue weighted by molar-refractivity contribution is -0.134. The molecule has 1 aromatic heterocycles.